The van der Waals surface area contributed by atoms with Crippen LogP contribution in [0.15, 0.2) is 55.0 Å². The lowest BCUT2D eigenvalue weighted by Gasteiger charge is -2.26. The van der Waals surface area contributed by atoms with Crippen molar-refractivity contribution in [2.24, 2.45) is 0 Å². The van der Waals surface area contributed by atoms with E-state index < -0.39 is 0 Å². The Hall–Kier alpha value is -3.03. The lowest BCUT2D eigenvalue weighted by Crippen LogP contribution is -2.37. The maximum absolute atomic E-state index is 5.41. The van der Waals surface area contributed by atoms with Gasteiger partial charge >= 0.3 is 0 Å². The second-order valence-electron chi connectivity index (χ2n) is 7.24. The highest BCUT2D eigenvalue weighted by molar-refractivity contribution is 5.96. The number of nitrogens with one attached hydrogen (secondary N) is 1. The molecule has 4 aromatic rings. The number of para-hydroxylation sites is 1. The zero-order valence-corrected chi connectivity index (χ0v) is 16.3. The van der Waals surface area contributed by atoms with Crippen LogP contribution >= 0.6 is 0 Å². The summed E-state index contributed by atoms with van der Waals surface area (Å²) < 4.78 is 7.29. The van der Waals surface area contributed by atoms with Crippen LogP contribution in [0.4, 0.5) is 5.82 Å². The van der Waals surface area contributed by atoms with Crippen LogP contribution in [-0.4, -0.2) is 63.9 Å². The summed E-state index contributed by atoms with van der Waals surface area (Å²) in [6, 6.07) is 12.2. The van der Waals surface area contributed by atoms with Crippen LogP contribution < -0.4 is 5.32 Å². The SMILES string of the molecule is c1cnc2c(-c3cnn4c(NCCCN5CCOCC5)ccnc34)cccc2c1. The number of nitrogens with zero attached hydrogens (tertiary/aromatic N) is 5. The van der Waals surface area contributed by atoms with E-state index in [0.29, 0.717) is 0 Å². The maximum atomic E-state index is 5.41. The summed E-state index contributed by atoms with van der Waals surface area (Å²) in [5, 5.41) is 9.24. The fourth-order valence-electron chi connectivity index (χ4n) is 3.88. The number of morpholine rings is 1. The van der Waals surface area contributed by atoms with E-state index in [1.54, 1.807) is 0 Å². The Morgan fingerprint density at radius 3 is 2.79 bits per heavy atom. The molecule has 3 aromatic heterocycles. The molecule has 4 heterocycles. The number of pyridine rings is 1. The predicted molar refractivity (Wildman–Crippen MR) is 114 cm³/mol. The topological polar surface area (TPSA) is 67.6 Å². The Kier molecular flexibility index (Phi) is 5.06. The molecule has 1 fully saturated rings. The van der Waals surface area contributed by atoms with Gasteiger partial charge in [0.25, 0.3) is 0 Å². The molecule has 1 aliphatic rings. The van der Waals surface area contributed by atoms with Crippen LogP contribution in [0.2, 0.25) is 0 Å². The molecule has 0 radical (unpaired) electrons. The number of rotatable bonds is 6. The molecule has 1 N–H and O–H groups in total. The first-order valence-electron chi connectivity index (χ1n) is 10.1. The van der Waals surface area contributed by atoms with Crippen LogP contribution in [-0.2, 0) is 4.74 Å². The van der Waals surface area contributed by atoms with E-state index in [1.807, 2.05) is 35.2 Å². The molecule has 0 aliphatic carbocycles. The molecule has 1 aliphatic heterocycles. The smallest absolute Gasteiger partial charge is 0.165 e. The molecule has 7 heteroatoms. The minimum absolute atomic E-state index is 0.835. The fraction of sp³-hybridized carbons (Fsp3) is 0.318. The van der Waals surface area contributed by atoms with Crippen LogP contribution in [0, 0.1) is 0 Å². The number of hydrogen-bond donors (Lipinski definition) is 1. The second-order valence-corrected chi connectivity index (χ2v) is 7.24. The molecule has 0 bridgehead atoms. The van der Waals surface area contributed by atoms with E-state index in [0.717, 1.165) is 79.3 Å². The third-order valence-corrected chi connectivity index (χ3v) is 5.39. The summed E-state index contributed by atoms with van der Waals surface area (Å²) in [5.74, 6) is 0.955. The van der Waals surface area contributed by atoms with E-state index in [4.69, 9.17) is 4.74 Å². The minimum atomic E-state index is 0.835. The Morgan fingerprint density at radius 2 is 1.86 bits per heavy atom. The number of ether oxygens (including phenoxy) is 1. The first-order valence-corrected chi connectivity index (χ1v) is 10.1. The van der Waals surface area contributed by atoms with Crippen molar-refractivity contribution in [3.05, 3.63) is 55.0 Å². The first-order chi connectivity index (χ1) is 14.4. The van der Waals surface area contributed by atoms with Crippen LogP contribution in [0.25, 0.3) is 27.7 Å². The summed E-state index contributed by atoms with van der Waals surface area (Å²) in [7, 11) is 0. The van der Waals surface area contributed by atoms with Gasteiger partial charge in [-0.15, -0.1) is 0 Å². The summed E-state index contributed by atoms with van der Waals surface area (Å²) in [6.45, 7) is 5.72. The highest BCUT2D eigenvalue weighted by atomic mass is 16.5. The molecule has 29 heavy (non-hydrogen) atoms. The summed E-state index contributed by atoms with van der Waals surface area (Å²) >= 11 is 0. The number of benzene rings is 1. The van der Waals surface area contributed by atoms with Gasteiger partial charge in [-0.05, 0) is 25.1 Å². The zero-order chi connectivity index (χ0) is 19.5. The number of aromatic nitrogens is 4. The third-order valence-electron chi connectivity index (χ3n) is 5.39. The van der Waals surface area contributed by atoms with Crippen molar-refractivity contribution in [3.63, 3.8) is 0 Å². The van der Waals surface area contributed by atoms with Crippen molar-refractivity contribution in [1.82, 2.24) is 24.5 Å². The van der Waals surface area contributed by atoms with Gasteiger partial charge in [-0.25, -0.2) is 4.98 Å². The average Bonchev–Trinajstić information content (AvgIpc) is 3.22. The lowest BCUT2D eigenvalue weighted by molar-refractivity contribution is 0.0378. The molecule has 5 rings (SSSR count). The number of fused-ring (bicyclic) bond motifs is 2. The van der Waals surface area contributed by atoms with Crippen molar-refractivity contribution in [3.8, 4) is 11.1 Å². The van der Waals surface area contributed by atoms with Gasteiger partial charge in [0.15, 0.2) is 5.65 Å². The van der Waals surface area contributed by atoms with Gasteiger partial charge in [-0.3, -0.25) is 9.88 Å². The normalized spacial score (nSPS) is 15.2. The molecular weight excluding hydrogens is 364 g/mol. The predicted octanol–water partition coefficient (Wildman–Crippen LogP) is 3.08. The van der Waals surface area contributed by atoms with Crippen molar-refractivity contribution >= 4 is 22.4 Å². The molecule has 0 unspecified atom stereocenters. The Bertz CT molecular complexity index is 1110. The lowest BCUT2D eigenvalue weighted by atomic mass is 10.0. The first kappa shape index (κ1) is 18.0. The zero-order valence-electron chi connectivity index (χ0n) is 16.3. The van der Waals surface area contributed by atoms with E-state index in [2.05, 4.69) is 49.5 Å². The minimum Gasteiger partial charge on any atom is -0.379 e. The molecule has 7 nitrogen and oxygen atoms in total. The molecule has 148 valence electrons. The van der Waals surface area contributed by atoms with Gasteiger partial charge in [0.05, 0.1) is 24.9 Å². The van der Waals surface area contributed by atoms with Crippen molar-refractivity contribution in [2.45, 2.75) is 6.42 Å². The van der Waals surface area contributed by atoms with Crippen molar-refractivity contribution in [2.75, 3.05) is 44.7 Å². The summed E-state index contributed by atoms with van der Waals surface area (Å²) in [4.78, 5) is 11.6. The van der Waals surface area contributed by atoms with E-state index >= 15 is 0 Å². The molecule has 0 atom stereocenters. The Balaban J connectivity index is 1.36. The van der Waals surface area contributed by atoms with Crippen LogP contribution in [0.5, 0.6) is 0 Å². The third kappa shape index (κ3) is 3.66. The van der Waals surface area contributed by atoms with Gasteiger partial charge in [0.1, 0.15) is 5.82 Å². The van der Waals surface area contributed by atoms with Crippen molar-refractivity contribution < 1.29 is 4.74 Å². The van der Waals surface area contributed by atoms with E-state index in [-0.39, 0.29) is 0 Å². The monoisotopic (exact) mass is 388 g/mol. The maximum Gasteiger partial charge on any atom is 0.165 e. The largest absolute Gasteiger partial charge is 0.379 e. The average molecular weight is 388 g/mol. The van der Waals surface area contributed by atoms with Gasteiger partial charge in [-0.2, -0.15) is 9.61 Å². The Morgan fingerprint density at radius 1 is 0.966 bits per heavy atom. The number of anilines is 1. The molecule has 1 aromatic carbocycles. The van der Waals surface area contributed by atoms with Crippen LogP contribution in [0.3, 0.4) is 0 Å². The molecule has 1 saturated heterocycles. The van der Waals surface area contributed by atoms with E-state index in [1.165, 1.54) is 0 Å². The van der Waals surface area contributed by atoms with Crippen LogP contribution in [0.1, 0.15) is 6.42 Å². The summed E-state index contributed by atoms with van der Waals surface area (Å²) in [5.41, 5.74) is 3.85. The van der Waals surface area contributed by atoms with Crippen molar-refractivity contribution in [1.29, 1.82) is 0 Å². The highest BCUT2D eigenvalue weighted by Gasteiger charge is 2.14. The van der Waals surface area contributed by atoms with Gasteiger partial charge in [0.2, 0.25) is 0 Å². The molecule has 0 amide bonds. The molecular formula is C22H24N6O. The number of hydrogen-bond acceptors (Lipinski definition) is 6. The second kappa shape index (κ2) is 8.14. The van der Waals surface area contributed by atoms with E-state index in [9.17, 15) is 0 Å². The van der Waals surface area contributed by atoms with Gasteiger partial charge < -0.3 is 10.1 Å². The highest BCUT2D eigenvalue weighted by Crippen LogP contribution is 2.30. The van der Waals surface area contributed by atoms with Gasteiger partial charge in [-0.1, -0.05) is 24.3 Å². The molecule has 0 spiro atoms. The standard InChI is InChI=1S/C22H24N6O/c1-4-17-5-2-8-24-21(17)18(6-1)19-16-26-28-20(7-10-25-22(19)28)23-9-3-11-27-12-14-29-15-13-27/h1-2,4-8,10,16,23H,3,9,11-15H2. The fourth-order valence-corrected chi connectivity index (χ4v) is 3.88. The molecule has 0 saturated carbocycles. The quantitative estimate of drug-likeness (QED) is 0.512. The van der Waals surface area contributed by atoms with Gasteiger partial charge in [0, 0.05) is 48.5 Å². The summed E-state index contributed by atoms with van der Waals surface area (Å²) in [6.07, 6.45) is 6.62. The Labute approximate surface area is 169 Å².